The Labute approximate surface area is 184 Å². The van der Waals surface area contributed by atoms with E-state index in [1.807, 2.05) is 48.4 Å². The van der Waals surface area contributed by atoms with Crippen molar-refractivity contribution in [1.29, 1.82) is 0 Å². The number of hydrogen-bond donors (Lipinski definition) is 2. The van der Waals surface area contributed by atoms with Gasteiger partial charge in [-0.3, -0.25) is 14.5 Å². The Kier molecular flexibility index (Phi) is 10.6. The Hall–Kier alpha value is -2.10. The van der Waals surface area contributed by atoms with Crippen LogP contribution in [0.3, 0.4) is 0 Å². The summed E-state index contributed by atoms with van der Waals surface area (Å²) >= 11 is 0. The van der Waals surface area contributed by atoms with Crippen LogP contribution in [0.5, 0.6) is 0 Å². The molecular formula is C20H31IN6O. The number of nitrogens with one attached hydrogen (secondary N) is 2. The molecule has 0 atom stereocenters. The molecule has 2 aromatic rings. The number of benzene rings is 1. The monoisotopic (exact) mass is 498 g/mol. The highest BCUT2D eigenvalue weighted by Gasteiger charge is 2.08. The molecule has 0 saturated heterocycles. The summed E-state index contributed by atoms with van der Waals surface area (Å²) in [7, 11) is 5.45. The molecule has 8 heteroatoms. The lowest BCUT2D eigenvalue weighted by molar-refractivity contribution is 0.0827. The van der Waals surface area contributed by atoms with Crippen LogP contribution < -0.4 is 10.6 Å². The van der Waals surface area contributed by atoms with E-state index in [1.54, 1.807) is 19.0 Å². The zero-order chi connectivity index (χ0) is 19.6. The van der Waals surface area contributed by atoms with Gasteiger partial charge in [0.05, 0.1) is 6.20 Å². The van der Waals surface area contributed by atoms with Gasteiger partial charge in [0, 0.05) is 52.5 Å². The molecular weight excluding hydrogens is 467 g/mol. The normalized spacial score (nSPS) is 10.9. The van der Waals surface area contributed by atoms with Gasteiger partial charge in [0.15, 0.2) is 5.96 Å². The number of guanidine groups is 1. The van der Waals surface area contributed by atoms with Gasteiger partial charge in [0.1, 0.15) is 0 Å². The van der Waals surface area contributed by atoms with Crippen LogP contribution in [0.25, 0.3) is 0 Å². The highest BCUT2D eigenvalue weighted by atomic mass is 127. The number of halogens is 1. The van der Waals surface area contributed by atoms with Crippen LogP contribution in [-0.4, -0.2) is 60.3 Å². The molecule has 0 bridgehead atoms. The van der Waals surface area contributed by atoms with Crippen molar-refractivity contribution in [2.45, 2.75) is 19.8 Å². The molecule has 0 saturated carbocycles. The molecule has 1 amide bonds. The third-order valence-corrected chi connectivity index (χ3v) is 4.06. The lowest BCUT2D eigenvalue weighted by Gasteiger charge is -2.12. The van der Waals surface area contributed by atoms with Gasteiger partial charge in [-0.05, 0) is 43.0 Å². The summed E-state index contributed by atoms with van der Waals surface area (Å²) in [5, 5.41) is 10.8. The fourth-order valence-electron chi connectivity index (χ4n) is 2.68. The maximum Gasteiger partial charge on any atom is 0.253 e. The van der Waals surface area contributed by atoms with Gasteiger partial charge in [-0.1, -0.05) is 12.1 Å². The molecule has 0 fully saturated rings. The summed E-state index contributed by atoms with van der Waals surface area (Å²) < 4.78 is 1.81. The van der Waals surface area contributed by atoms with Crippen LogP contribution in [0.1, 0.15) is 28.4 Å². The molecule has 154 valence electrons. The van der Waals surface area contributed by atoms with Crippen LogP contribution in [-0.2, 0) is 19.9 Å². The first-order valence-electron chi connectivity index (χ1n) is 9.30. The van der Waals surface area contributed by atoms with Crippen LogP contribution >= 0.6 is 24.0 Å². The van der Waals surface area contributed by atoms with Crippen molar-refractivity contribution >= 4 is 35.8 Å². The predicted molar refractivity (Wildman–Crippen MR) is 124 cm³/mol. The van der Waals surface area contributed by atoms with Gasteiger partial charge in [0.2, 0.25) is 0 Å². The van der Waals surface area contributed by atoms with E-state index in [4.69, 9.17) is 0 Å². The molecule has 0 aliphatic carbocycles. The molecule has 2 rings (SSSR count). The van der Waals surface area contributed by atoms with Crippen molar-refractivity contribution in [3.63, 3.8) is 0 Å². The summed E-state index contributed by atoms with van der Waals surface area (Å²) in [5.41, 5.74) is 3.02. The van der Waals surface area contributed by atoms with E-state index in [1.165, 1.54) is 5.56 Å². The van der Waals surface area contributed by atoms with Crippen LogP contribution in [0.15, 0.2) is 41.7 Å². The SMILES string of the molecule is CCNC(=NCCc1cccc(C(=O)N(C)C)c1)NCCc1cnn(C)c1.I. The maximum atomic E-state index is 12.1. The minimum atomic E-state index is 0. The smallest absolute Gasteiger partial charge is 0.253 e. The summed E-state index contributed by atoms with van der Waals surface area (Å²) in [6.45, 7) is 4.31. The van der Waals surface area contributed by atoms with Crippen LogP contribution in [0, 0.1) is 0 Å². The summed E-state index contributed by atoms with van der Waals surface area (Å²) in [6.07, 6.45) is 5.59. The molecule has 0 spiro atoms. The number of carbonyl (C=O) groups excluding carboxylic acids is 1. The van der Waals surface area contributed by atoms with E-state index in [0.29, 0.717) is 12.1 Å². The van der Waals surface area contributed by atoms with Crippen molar-refractivity contribution in [1.82, 2.24) is 25.3 Å². The lowest BCUT2D eigenvalue weighted by Crippen LogP contribution is -2.38. The van der Waals surface area contributed by atoms with Crippen molar-refractivity contribution in [3.05, 3.63) is 53.3 Å². The van der Waals surface area contributed by atoms with Gasteiger partial charge < -0.3 is 15.5 Å². The van der Waals surface area contributed by atoms with Gasteiger partial charge in [0.25, 0.3) is 5.91 Å². The zero-order valence-corrected chi connectivity index (χ0v) is 19.4. The minimum Gasteiger partial charge on any atom is -0.357 e. The summed E-state index contributed by atoms with van der Waals surface area (Å²) in [6, 6.07) is 7.75. The van der Waals surface area contributed by atoms with Crippen LogP contribution in [0.2, 0.25) is 0 Å². The number of carbonyl (C=O) groups is 1. The first-order valence-corrected chi connectivity index (χ1v) is 9.30. The van der Waals surface area contributed by atoms with Crippen molar-refractivity contribution in [2.75, 3.05) is 33.7 Å². The fourth-order valence-corrected chi connectivity index (χ4v) is 2.68. The predicted octanol–water partition coefficient (Wildman–Crippen LogP) is 2.08. The van der Waals surface area contributed by atoms with E-state index in [-0.39, 0.29) is 29.9 Å². The van der Waals surface area contributed by atoms with Crippen molar-refractivity contribution in [2.24, 2.45) is 12.0 Å². The lowest BCUT2D eigenvalue weighted by atomic mass is 10.1. The molecule has 1 aromatic carbocycles. The van der Waals surface area contributed by atoms with Crippen LogP contribution in [0.4, 0.5) is 0 Å². The number of amides is 1. The van der Waals surface area contributed by atoms with Gasteiger partial charge in [-0.2, -0.15) is 5.10 Å². The number of aromatic nitrogens is 2. The Morgan fingerprint density at radius 2 is 2.00 bits per heavy atom. The molecule has 0 aliphatic heterocycles. The number of aliphatic imine (C=N–C) groups is 1. The largest absolute Gasteiger partial charge is 0.357 e. The highest BCUT2D eigenvalue weighted by Crippen LogP contribution is 2.08. The van der Waals surface area contributed by atoms with Crippen molar-refractivity contribution in [3.8, 4) is 0 Å². The molecule has 0 radical (unpaired) electrons. The molecule has 0 aliphatic rings. The van der Waals surface area contributed by atoms with Gasteiger partial charge in [-0.15, -0.1) is 24.0 Å². The molecule has 1 heterocycles. The second kappa shape index (κ2) is 12.4. The number of aryl methyl sites for hydroxylation is 1. The minimum absolute atomic E-state index is 0. The van der Waals surface area contributed by atoms with E-state index in [2.05, 4.69) is 27.6 Å². The second-order valence-electron chi connectivity index (χ2n) is 6.61. The first-order chi connectivity index (χ1) is 13.0. The van der Waals surface area contributed by atoms with E-state index in [9.17, 15) is 4.79 Å². The second-order valence-corrected chi connectivity index (χ2v) is 6.61. The molecule has 28 heavy (non-hydrogen) atoms. The maximum absolute atomic E-state index is 12.1. The average Bonchev–Trinajstić information content (AvgIpc) is 3.06. The summed E-state index contributed by atoms with van der Waals surface area (Å²) in [4.78, 5) is 18.3. The Morgan fingerprint density at radius 3 is 2.64 bits per heavy atom. The first kappa shape index (κ1) is 23.9. The number of rotatable bonds is 8. The Balaban J connectivity index is 0.00000392. The average molecular weight is 498 g/mol. The van der Waals surface area contributed by atoms with E-state index in [0.717, 1.165) is 37.5 Å². The van der Waals surface area contributed by atoms with Gasteiger partial charge >= 0.3 is 0 Å². The molecule has 0 unspecified atom stereocenters. The molecule has 2 N–H and O–H groups in total. The number of nitrogens with zero attached hydrogens (tertiary/aromatic N) is 4. The van der Waals surface area contributed by atoms with E-state index < -0.39 is 0 Å². The third-order valence-electron chi connectivity index (χ3n) is 4.06. The highest BCUT2D eigenvalue weighted by molar-refractivity contribution is 14.0. The zero-order valence-electron chi connectivity index (χ0n) is 17.1. The number of hydrogen-bond acceptors (Lipinski definition) is 3. The Bertz CT molecular complexity index is 772. The quantitative estimate of drug-likeness (QED) is 0.332. The van der Waals surface area contributed by atoms with Crippen molar-refractivity contribution < 1.29 is 4.79 Å². The fraction of sp³-hybridized carbons (Fsp3) is 0.450. The standard InChI is InChI=1S/C20H30N6O.HI/c1-5-21-20(23-12-10-17-14-24-26(4)15-17)22-11-9-16-7-6-8-18(13-16)19(27)25(2)3;/h6-8,13-15H,5,9-12H2,1-4H3,(H2,21,22,23);1H. The van der Waals surface area contributed by atoms with E-state index >= 15 is 0 Å². The molecule has 1 aromatic heterocycles. The summed E-state index contributed by atoms with van der Waals surface area (Å²) in [5.74, 6) is 0.827. The van der Waals surface area contributed by atoms with Gasteiger partial charge in [-0.25, -0.2) is 0 Å². The molecule has 7 nitrogen and oxygen atoms in total. The Morgan fingerprint density at radius 1 is 1.21 bits per heavy atom. The third kappa shape index (κ3) is 7.87. The topological polar surface area (TPSA) is 74.6 Å².